The van der Waals surface area contributed by atoms with Gasteiger partial charge in [0.15, 0.2) is 5.82 Å². The molecule has 1 aliphatic rings. The highest BCUT2D eigenvalue weighted by Crippen LogP contribution is 2.22. The maximum atomic E-state index is 12.1. The number of amides is 1. The normalized spacial score (nSPS) is 13.8. The van der Waals surface area contributed by atoms with Gasteiger partial charge in [-0.25, -0.2) is 0 Å². The molecule has 0 atom stereocenters. The number of benzene rings is 2. The Morgan fingerprint density at radius 3 is 2.32 bits per heavy atom. The number of anilines is 2. The summed E-state index contributed by atoms with van der Waals surface area (Å²) in [4.78, 5) is 14.3. The molecule has 1 aliphatic heterocycles. The molecule has 5 nitrogen and oxygen atoms in total. The van der Waals surface area contributed by atoms with Gasteiger partial charge in [0.2, 0.25) is 5.91 Å². The van der Waals surface area contributed by atoms with E-state index in [1.165, 1.54) is 18.9 Å². The van der Waals surface area contributed by atoms with Crippen molar-refractivity contribution in [1.29, 1.82) is 0 Å². The first-order chi connectivity index (χ1) is 13.8. The van der Waals surface area contributed by atoms with Gasteiger partial charge in [0, 0.05) is 30.4 Å². The lowest BCUT2D eigenvalue weighted by atomic mass is 10.1. The molecule has 1 amide bonds. The molecule has 0 saturated carbocycles. The fourth-order valence-electron chi connectivity index (χ4n) is 3.24. The Morgan fingerprint density at radius 2 is 1.64 bits per heavy atom. The van der Waals surface area contributed by atoms with E-state index in [9.17, 15) is 4.79 Å². The second-order valence-electron chi connectivity index (χ2n) is 6.78. The van der Waals surface area contributed by atoms with Crippen LogP contribution in [0.4, 0.5) is 11.5 Å². The Kier molecular flexibility index (Phi) is 5.43. The molecule has 1 N–H and O–H groups in total. The average molecular weight is 370 g/mol. The van der Waals surface area contributed by atoms with Crippen LogP contribution < -0.4 is 10.2 Å². The molecule has 1 saturated heterocycles. The fourth-order valence-corrected chi connectivity index (χ4v) is 3.24. The van der Waals surface area contributed by atoms with Crippen LogP contribution in [0.2, 0.25) is 0 Å². The van der Waals surface area contributed by atoms with Crippen LogP contribution in [0.1, 0.15) is 18.4 Å². The second-order valence-corrected chi connectivity index (χ2v) is 6.78. The zero-order chi connectivity index (χ0) is 19.2. The maximum Gasteiger partial charge on any atom is 0.248 e. The summed E-state index contributed by atoms with van der Waals surface area (Å²) in [5.41, 5.74) is 3.53. The van der Waals surface area contributed by atoms with Gasteiger partial charge in [-0.3, -0.25) is 4.79 Å². The molecule has 0 radical (unpaired) electrons. The number of hydrogen-bond acceptors (Lipinski definition) is 4. The van der Waals surface area contributed by atoms with Gasteiger partial charge in [-0.1, -0.05) is 42.5 Å². The van der Waals surface area contributed by atoms with Crippen LogP contribution >= 0.6 is 0 Å². The van der Waals surface area contributed by atoms with E-state index in [1.807, 2.05) is 66.7 Å². The number of carbonyl (C=O) groups is 1. The van der Waals surface area contributed by atoms with Crippen molar-refractivity contribution >= 4 is 23.5 Å². The van der Waals surface area contributed by atoms with Crippen LogP contribution in [0, 0.1) is 0 Å². The minimum Gasteiger partial charge on any atom is -0.355 e. The van der Waals surface area contributed by atoms with Gasteiger partial charge in [-0.15, -0.1) is 10.2 Å². The zero-order valence-corrected chi connectivity index (χ0v) is 15.6. The predicted molar refractivity (Wildman–Crippen MR) is 113 cm³/mol. The third-order valence-electron chi connectivity index (χ3n) is 4.76. The summed E-state index contributed by atoms with van der Waals surface area (Å²) in [6.45, 7) is 2.11. The van der Waals surface area contributed by atoms with Crippen LogP contribution in [-0.4, -0.2) is 29.2 Å². The number of carbonyl (C=O) groups excluding carboxylic acids is 1. The van der Waals surface area contributed by atoms with Crippen molar-refractivity contribution in [3.8, 4) is 11.3 Å². The number of aromatic nitrogens is 2. The Morgan fingerprint density at radius 1 is 0.893 bits per heavy atom. The SMILES string of the molecule is O=C(C=Cc1ccccc1)Nc1ccc(-c2ccc(N3CCCC3)nn2)cc1. The van der Waals surface area contributed by atoms with Crippen LogP contribution in [-0.2, 0) is 4.79 Å². The first-order valence-electron chi connectivity index (χ1n) is 9.51. The fraction of sp³-hybridized carbons (Fsp3) is 0.174. The lowest BCUT2D eigenvalue weighted by Gasteiger charge is -2.15. The molecule has 2 aromatic carbocycles. The minimum absolute atomic E-state index is 0.161. The maximum absolute atomic E-state index is 12.1. The highest BCUT2D eigenvalue weighted by molar-refractivity contribution is 6.02. The highest BCUT2D eigenvalue weighted by Gasteiger charge is 2.13. The van der Waals surface area contributed by atoms with Crippen molar-refractivity contribution in [2.45, 2.75) is 12.8 Å². The molecule has 0 spiro atoms. The van der Waals surface area contributed by atoms with Gasteiger partial charge < -0.3 is 10.2 Å². The first-order valence-corrected chi connectivity index (χ1v) is 9.51. The van der Waals surface area contributed by atoms with Gasteiger partial charge in [0.05, 0.1) is 5.69 Å². The van der Waals surface area contributed by atoms with E-state index < -0.39 is 0 Å². The van der Waals surface area contributed by atoms with Gasteiger partial charge in [-0.2, -0.15) is 0 Å². The third kappa shape index (κ3) is 4.43. The summed E-state index contributed by atoms with van der Waals surface area (Å²) in [6.07, 6.45) is 5.77. The van der Waals surface area contributed by atoms with Crippen molar-refractivity contribution < 1.29 is 4.79 Å². The van der Waals surface area contributed by atoms with Crippen molar-refractivity contribution in [3.05, 3.63) is 78.4 Å². The summed E-state index contributed by atoms with van der Waals surface area (Å²) in [6, 6.07) is 21.4. The van der Waals surface area contributed by atoms with E-state index in [4.69, 9.17) is 0 Å². The molecule has 4 rings (SSSR count). The molecule has 140 valence electrons. The Hall–Kier alpha value is -3.47. The summed E-state index contributed by atoms with van der Waals surface area (Å²) >= 11 is 0. The molecular formula is C23H22N4O. The number of nitrogens with one attached hydrogen (secondary N) is 1. The van der Waals surface area contributed by atoms with E-state index in [0.29, 0.717) is 0 Å². The van der Waals surface area contributed by atoms with Gasteiger partial charge in [-0.05, 0) is 48.7 Å². The molecule has 1 fully saturated rings. The smallest absolute Gasteiger partial charge is 0.248 e. The van der Waals surface area contributed by atoms with E-state index in [-0.39, 0.29) is 5.91 Å². The van der Waals surface area contributed by atoms with E-state index >= 15 is 0 Å². The highest BCUT2D eigenvalue weighted by atomic mass is 16.1. The Bertz CT molecular complexity index is 944. The lowest BCUT2D eigenvalue weighted by Crippen LogP contribution is -2.19. The van der Waals surface area contributed by atoms with E-state index in [0.717, 1.165) is 41.4 Å². The molecule has 1 aromatic heterocycles. The third-order valence-corrected chi connectivity index (χ3v) is 4.76. The largest absolute Gasteiger partial charge is 0.355 e. The topological polar surface area (TPSA) is 58.1 Å². The molecule has 0 unspecified atom stereocenters. The molecule has 0 bridgehead atoms. The van der Waals surface area contributed by atoms with E-state index in [1.54, 1.807) is 6.08 Å². The number of hydrogen-bond donors (Lipinski definition) is 1. The Balaban J connectivity index is 1.38. The summed E-state index contributed by atoms with van der Waals surface area (Å²) < 4.78 is 0. The van der Waals surface area contributed by atoms with Gasteiger partial charge in [0.1, 0.15) is 0 Å². The quantitative estimate of drug-likeness (QED) is 0.677. The van der Waals surface area contributed by atoms with Crippen molar-refractivity contribution in [3.63, 3.8) is 0 Å². The van der Waals surface area contributed by atoms with Crippen molar-refractivity contribution in [2.75, 3.05) is 23.3 Å². The molecule has 28 heavy (non-hydrogen) atoms. The van der Waals surface area contributed by atoms with Crippen LogP contribution in [0.25, 0.3) is 17.3 Å². The number of rotatable bonds is 5. The summed E-state index contributed by atoms with van der Waals surface area (Å²) in [5.74, 6) is 0.779. The van der Waals surface area contributed by atoms with E-state index in [2.05, 4.69) is 20.4 Å². The minimum atomic E-state index is -0.161. The number of nitrogens with zero attached hydrogens (tertiary/aromatic N) is 3. The summed E-state index contributed by atoms with van der Waals surface area (Å²) in [5, 5.41) is 11.6. The average Bonchev–Trinajstić information content (AvgIpc) is 3.29. The molecular weight excluding hydrogens is 348 g/mol. The van der Waals surface area contributed by atoms with Crippen LogP contribution in [0.15, 0.2) is 72.8 Å². The first kappa shape index (κ1) is 17.9. The summed E-state index contributed by atoms with van der Waals surface area (Å²) in [7, 11) is 0. The monoisotopic (exact) mass is 370 g/mol. The molecule has 2 heterocycles. The van der Waals surface area contributed by atoms with Crippen LogP contribution in [0.3, 0.4) is 0 Å². The lowest BCUT2D eigenvalue weighted by molar-refractivity contribution is -0.111. The predicted octanol–water partition coefficient (Wildman–Crippen LogP) is 4.40. The molecule has 5 heteroatoms. The Labute approximate surface area is 164 Å². The molecule has 3 aromatic rings. The standard InChI is InChI=1S/C23H22N4O/c28-23(15-8-18-6-2-1-3-7-18)24-20-11-9-19(10-12-20)21-13-14-22(26-25-21)27-16-4-5-17-27/h1-3,6-15H,4-5,16-17H2,(H,24,28). The van der Waals surface area contributed by atoms with Gasteiger partial charge >= 0.3 is 0 Å². The van der Waals surface area contributed by atoms with Gasteiger partial charge in [0.25, 0.3) is 0 Å². The van der Waals surface area contributed by atoms with Crippen LogP contribution in [0.5, 0.6) is 0 Å². The van der Waals surface area contributed by atoms with Crippen molar-refractivity contribution in [2.24, 2.45) is 0 Å². The van der Waals surface area contributed by atoms with Crippen molar-refractivity contribution in [1.82, 2.24) is 10.2 Å². The second kappa shape index (κ2) is 8.48. The zero-order valence-electron chi connectivity index (χ0n) is 15.6. The molecule has 0 aliphatic carbocycles.